The molecule has 94 valence electrons. The lowest BCUT2D eigenvalue weighted by molar-refractivity contribution is 0.100. The van der Waals surface area contributed by atoms with Gasteiger partial charge in [-0.2, -0.15) is 0 Å². The second kappa shape index (κ2) is 5.66. The van der Waals surface area contributed by atoms with Crippen molar-refractivity contribution in [2.45, 2.75) is 33.2 Å². The van der Waals surface area contributed by atoms with E-state index in [4.69, 9.17) is 5.73 Å². The van der Waals surface area contributed by atoms with Crippen molar-refractivity contribution in [2.24, 2.45) is 11.7 Å². The fourth-order valence-corrected chi connectivity index (χ4v) is 1.53. The Bertz CT molecular complexity index is 406. The van der Waals surface area contributed by atoms with E-state index in [-0.39, 0.29) is 11.9 Å². The number of halogens is 1. The molecular weight excluding hydrogens is 219 g/mol. The molecule has 2 unspecified atom stereocenters. The zero-order chi connectivity index (χ0) is 13.0. The van der Waals surface area contributed by atoms with Crippen molar-refractivity contribution >= 4 is 11.6 Å². The van der Waals surface area contributed by atoms with Crippen LogP contribution in [0.5, 0.6) is 0 Å². The second-order valence-electron chi connectivity index (χ2n) is 4.38. The summed E-state index contributed by atoms with van der Waals surface area (Å²) in [7, 11) is 0. The van der Waals surface area contributed by atoms with Crippen LogP contribution in [0.2, 0.25) is 0 Å². The van der Waals surface area contributed by atoms with Gasteiger partial charge in [0.05, 0.1) is 5.69 Å². The van der Waals surface area contributed by atoms with E-state index in [9.17, 15) is 9.18 Å². The fraction of sp³-hybridized carbons (Fsp3) is 0.462. The number of carbonyl (C=O) groups excluding carboxylic acids is 1. The maximum Gasteiger partial charge on any atom is 0.248 e. The average molecular weight is 238 g/mol. The zero-order valence-corrected chi connectivity index (χ0v) is 10.5. The van der Waals surface area contributed by atoms with Gasteiger partial charge in [-0.3, -0.25) is 4.79 Å². The van der Waals surface area contributed by atoms with Crippen LogP contribution in [-0.4, -0.2) is 11.9 Å². The molecule has 1 aromatic rings. The van der Waals surface area contributed by atoms with Gasteiger partial charge in [0.2, 0.25) is 5.91 Å². The third kappa shape index (κ3) is 3.44. The lowest BCUT2D eigenvalue weighted by Crippen LogP contribution is -2.24. The molecule has 0 radical (unpaired) electrons. The number of carbonyl (C=O) groups is 1. The SMILES string of the molecule is CCC(C)C(C)Nc1cc(C(N)=O)ccc1F. The highest BCUT2D eigenvalue weighted by molar-refractivity contribution is 5.93. The summed E-state index contributed by atoms with van der Waals surface area (Å²) in [4.78, 5) is 11.0. The minimum absolute atomic E-state index is 0.137. The van der Waals surface area contributed by atoms with Crippen LogP contribution >= 0.6 is 0 Å². The molecular formula is C13H19FN2O. The molecule has 0 bridgehead atoms. The van der Waals surface area contributed by atoms with Crippen LogP contribution in [0.25, 0.3) is 0 Å². The Morgan fingerprint density at radius 3 is 2.65 bits per heavy atom. The van der Waals surface area contributed by atoms with Crippen molar-refractivity contribution in [3.8, 4) is 0 Å². The van der Waals surface area contributed by atoms with Gasteiger partial charge in [0.1, 0.15) is 5.82 Å². The largest absolute Gasteiger partial charge is 0.380 e. The normalized spacial score (nSPS) is 14.1. The van der Waals surface area contributed by atoms with Gasteiger partial charge in [0.25, 0.3) is 0 Å². The van der Waals surface area contributed by atoms with Gasteiger partial charge in [-0.25, -0.2) is 4.39 Å². The Morgan fingerprint density at radius 1 is 1.47 bits per heavy atom. The molecule has 0 spiro atoms. The van der Waals surface area contributed by atoms with Crippen LogP contribution in [-0.2, 0) is 0 Å². The van der Waals surface area contributed by atoms with Crippen molar-refractivity contribution in [1.82, 2.24) is 0 Å². The zero-order valence-electron chi connectivity index (χ0n) is 10.5. The van der Waals surface area contributed by atoms with Gasteiger partial charge in [-0.1, -0.05) is 20.3 Å². The quantitative estimate of drug-likeness (QED) is 0.828. The Morgan fingerprint density at radius 2 is 2.12 bits per heavy atom. The van der Waals surface area contributed by atoms with Crippen LogP contribution in [0.15, 0.2) is 18.2 Å². The first kappa shape index (κ1) is 13.5. The smallest absolute Gasteiger partial charge is 0.248 e. The number of primary amides is 1. The molecule has 0 aliphatic carbocycles. The second-order valence-corrected chi connectivity index (χ2v) is 4.38. The lowest BCUT2D eigenvalue weighted by Gasteiger charge is -2.21. The number of benzene rings is 1. The van der Waals surface area contributed by atoms with Crippen LogP contribution in [0.1, 0.15) is 37.6 Å². The van der Waals surface area contributed by atoms with Gasteiger partial charge in [0, 0.05) is 11.6 Å². The van der Waals surface area contributed by atoms with Crippen LogP contribution in [0, 0.1) is 11.7 Å². The fourth-order valence-electron chi connectivity index (χ4n) is 1.53. The summed E-state index contributed by atoms with van der Waals surface area (Å²) < 4.78 is 13.5. The van der Waals surface area contributed by atoms with Crippen molar-refractivity contribution in [3.05, 3.63) is 29.6 Å². The summed E-state index contributed by atoms with van der Waals surface area (Å²) in [6, 6.07) is 4.23. The number of amides is 1. The van der Waals surface area contributed by atoms with Gasteiger partial charge in [-0.15, -0.1) is 0 Å². The highest BCUT2D eigenvalue weighted by Crippen LogP contribution is 2.19. The first-order valence-electron chi connectivity index (χ1n) is 5.81. The van der Waals surface area contributed by atoms with Crippen molar-refractivity contribution < 1.29 is 9.18 Å². The van der Waals surface area contributed by atoms with E-state index < -0.39 is 5.91 Å². The molecule has 3 N–H and O–H groups in total. The van der Waals surface area contributed by atoms with Crippen LogP contribution < -0.4 is 11.1 Å². The summed E-state index contributed by atoms with van der Waals surface area (Å²) in [5.74, 6) is -0.499. The third-order valence-electron chi connectivity index (χ3n) is 3.13. The van der Waals surface area contributed by atoms with Gasteiger partial charge < -0.3 is 11.1 Å². The first-order valence-corrected chi connectivity index (χ1v) is 5.81. The number of rotatable bonds is 5. The molecule has 0 saturated heterocycles. The third-order valence-corrected chi connectivity index (χ3v) is 3.13. The Kier molecular flexibility index (Phi) is 4.49. The maximum atomic E-state index is 13.5. The standard InChI is InChI=1S/C13H19FN2O/c1-4-8(2)9(3)16-12-7-10(13(15)17)5-6-11(12)14/h5-9,16H,4H2,1-3H3,(H2,15,17). The molecule has 1 aromatic carbocycles. The van der Waals surface area contributed by atoms with Crippen molar-refractivity contribution in [2.75, 3.05) is 5.32 Å². The topological polar surface area (TPSA) is 55.1 Å². The van der Waals surface area contributed by atoms with Crippen LogP contribution in [0.4, 0.5) is 10.1 Å². The Hall–Kier alpha value is -1.58. The van der Waals surface area contributed by atoms with E-state index in [0.717, 1.165) is 6.42 Å². The molecule has 3 nitrogen and oxygen atoms in total. The molecule has 2 atom stereocenters. The summed E-state index contributed by atoms with van der Waals surface area (Å²) in [5, 5.41) is 3.07. The molecule has 0 aliphatic rings. The minimum atomic E-state index is -0.552. The minimum Gasteiger partial charge on any atom is -0.380 e. The Balaban J connectivity index is 2.89. The van der Waals surface area contributed by atoms with E-state index in [1.54, 1.807) is 0 Å². The van der Waals surface area contributed by atoms with Crippen molar-refractivity contribution in [1.29, 1.82) is 0 Å². The lowest BCUT2D eigenvalue weighted by atomic mass is 10.0. The summed E-state index contributed by atoms with van der Waals surface area (Å²) in [5.41, 5.74) is 5.80. The molecule has 0 aromatic heterocycles. The molecule has 1 rings (SSSR count). The average Bonchev–Trinajstić information content (AvgIpc) is 2.30. The molecule has 4 heteroatoms. The van der Waals surface area contributed by atoms with E-state index >= 15 is 0 Å². The number of hydrogen-bond donors (Lipinski definition) is 2. The van der Waals surface area contributed by atoms with Gasteiger partial charge >= 0.3 is 0 Å². The number of nitrogens with one attached hydrogen (secondary N) is 1. The molecule has 0 heterocycles. The predicted octanol–water partition coefficient (Wildman–Crippen LogP) is 2.77. The van der Waals surface area contributed by atoms with E-state index in [1.165, 1.54) is 18.2 Å². The number of nitrogens with two attached hydrogens (primary N) is 1. The first-order chi connectivity index (χ1) is 7.95. The number of anilines is 1. The molecule has 1 amide bonds. The van der Waals surface area contributed by atoms with E-state index in [2.05, 4.69) is 19.2 Å². The monoisotopic (exact) mass is 238 g/mol. The maximum absolute atomic E-state index is 13.5. The van der Waals surface area contributed by atoms with Gasteiger partial charge in [-0.05, 0) is 31.0 Å². The summed E-state index contributed by atoms with van der Waals surface area (Å²) in [6.07, 6.45) is 1.01. The molecule has 0 saturated carbocycles. The Labute approximate surface area is 101 Å². The van der Waals surface area contributed by atoms with Crippen molar-refractivity contribution in [3.63, 3.8) is 0 Å². The molecule has 17 heavy (non-hydrogen) atoms. The predicted molar refractivity (Wildman–Crippen MR) is 67.5 cm³/mol. The van der Waals surface area contributed by atoms with E-state index in [1.807, 2.05) is 6.92 Å². The highest BCUT2D eigenvalue weighted by atomic mass is 19.1. The molecule has 0 aliphatic heterocycles. The van der Waals surface area contributed by atoms with E-state index in [0.29, 0.717) is 17.2 Å². The summed E-state index contributed by atoms with van der Waals surface area (Å²) >= 11 is 0. The summed E-state index contributed by atoms with van der Waals surface area (Å²) in [6.45, 7) is 6.16. The van der Waals surface area contributed by atoms with Crippen LogP contribution in [0.3, 0.4) is 0 Å². The highest BCUT2D eigenvalue weighted by Gasteiger charge is 2.13. The van der Waals surface area contributed by atoms with Gasteiger partial charge in [0.15, 0.2) is 0 Å². The number of hydrogen-bond acceptors (Lipinski definition) is 2. The molecule has 0 fully saturated rings.